The van der Waals surface area contributed by atoms with Crippen LogP contribution < -0.4 is 4.90 Å². The summed E-state index contributed by atoms with van der Waals surface area (Å²) in [7, 11) is 0. The molecule has 1 saturated heterocycles. The molecule has 0 atom stereocenters. The molecule has 0 bridgehead atoms. The summed E-state index contributed by atoms with van der Waals surface area (Å²) in [5, 5.41) is 9.92. The van der Waals surface area contributed by atoms with Gasteiger partial charge in [0.15, 0.2) is 5.01 Å². The van der Waals surface area contributed by atoms with Crippen LogP contribution in [0.1, 0.15) is 18.9 Å². The number of anilines is 1. The van der Waals surface area contributed by atoms with Crippen molar-refractivity contribution in [1.29, 1.82) is 0 Å². The second kappa shape index (κ2) is 6.60. The minimum absolute atomic E-state index is 0.278. The summed E-state index contributed by atoms with van der Waals surface area (Å²) < 4.78 is 17.0. The van der Waals surface area contributed by atoms with Crippen molar-refractivity contribution in [2.24, 2.45) is 0 Å². The summed E-state index contributed by atoms with van der Waals surface area (Å²) in [6.45, 7) is 1.83. The van der Waals surface area contributed by atoms with Crippen molar-refractivity contribution >= 4 is 32.4 Å². The zero-order valence-corrected chi connectivity index (χ0v) is 15.2. The molecular formula is C16H15BrFN5S. The first-order chi connectivity index (χ1) is 11.7. The number of benzene rings is 1. The molecule has 124 valence electrons. The Morgan fingerprint density at radius 1 is 1.21 bits per heavy atom. The van der Waals surface area contributed by atoms with Gasteiger partial charge in [0.2, 0.25) is 5.13 Å². The van der Waals surface area contributed by atoms with Crippen molar-refractivity contribution in [3.8, 4) is 10.6 Å². The van der Waals surface area contributed by atoms with Crippen LogP contribution in [-0.2, 0) is 0 Å². The van der Waals surface area contributed by atoms with E-state index >= 15 is 0 Å². The molecular weight excluding hydrogens is 393 g/mol. The van der Waals surface area contributed by atoms with E-state index in [1.54, 1.807) is 12.1 Å². The second-order valence-corrected chi connectivity index (χ2v) is 7.61. The molecule has 1 aromatic carbocycles. The van der Waals surface area contributed by atoms with E-state index in [2.05, 4.69) is 40.6 Å². The number of halogens is 2. The Kier molecular flexibility index (Phi) is 4.32. The number of aromatic nitrogens is 4. The molecule has 5 nitrogen and oxygen atoms in total. The lowest BCUT2D eigenvalue weighted by molar-refractivity contribution is 0.395. The molecule has 0 spiro atoms. The standard InChI is InChI=1S/C16H15BrFN5S/c17-11-1-2-14(18)13(9-11)15-20-21-16(24-15)22-6-3-12(4-7-22)23-8-5-19-10-23/h1-2,5,8-10,12H,3-4,6-7H2. The number of imidazole rings is 1. The van der Waals surface area contributed by atoms with E-state index in [9.17, 15) is 4.39 Å². The number of hydrogen-bond acceptors (Lipinski definition) is 5. The highest BCUT2D eigenvalue weighted by molar-refractivity contribution is 9.10. The fourth-order valence-corrected chi connectivity index (χ4v) is 4.23. The Balaban J connectivity index is 1.49. The van der Waals surface area contributed by atoms with E-state index in [-0.39, 0.29) is 5.82 Å². The Hall–Kier alpha value is -1.80. The average molecular weight is 408 g/mol. The highest BCUT2D eigenvalue weighted by atomic mass is 79.9. The van der Waals surface area contributed by atoms with Crippen LogP contribution in [0.15, 0.2) is 41.4 Å². The van der Waals surface area contributed by atoms with Gasteiger partial charge >= 0.3 is 0 Å². The molecule has 0 amide bonds. The van der Waals surface area contributed by atoms with Crippen LogP contribution in [0.5, 0.6) is 0 Å². The summed E-state index contributed by atoms with van der Waals surface area (Å²) in [5.74, 6) is -0.278. The monoisotopic (exact) mass is 407 g/mol. The summed E-state index contributed by atoms with van der Waals surface area (Å²) in [4.78, 5) is 6.34. The van der Waals surface area contributed by atoms with Crippen LogP contribution in [0, 0.1) is 5.82 Å². The maximum Gasteiger partial charge on any atom is 0.208 e. The first-order valence-electron chi connectivity index (χ1n) is 7.72. The lowest BCUT2D eigenvalue weighted by atomic mass is 10.1. The molecule has 0 unspecified atom stereocenters. The van der Waals surface area contributed by atoms with E-state index in [1.807, 2.05) is 18.7 Å². The van der Waals surface area contributed by atoms with Gasteiger partial charge in [-0.05, 0) is 31.0 Å². The van der Waals surface area contributed by atoms with Gasteiger partial charge in [0.25, 0.3) is 0 Å². The first-order valence-corrected chi connectivity index (χ1v) is 9.33. The highest BCUT2D eigenvalue weighted by Crippen LogP contribution is 2.34. The van der Waals surface area contributed by atoms with Crippen molar-refractivity contribution in [3.05, 3.63) is 47.2 Å². The van der Waals surface area contributed by atoms with Crippen molar-refractivity contribution in [3.63, 3.8) is 0 Å². The Labute approximate surface area is 151 Å². The van der Waals surface area contributed by atoms with Gasteiger partial charge in [0.05, 0.1) is 6.33 Å². The molecule has 2 aromatic heterocycles. The second-order valence-electron chi connectivity index (χ2n) is 5.74. The summed E-state index contributed by atoms with van der Waals surface area (Å²) in [6.07, 6.45) is 7.78. The number of piperidine rings is 1. The van der Waals surface area contributed by atoms with Gasteiger partial charge in [-0.15, -0.1) is 10.2 Å². The molecule has 1 aliphatic rings. The van der Waals surface area contributed by atoms with Gasteiger partial charge in [-0.25, -0.2) is 9.37 Å². The van der Waals surface area contributed by atoms with Crippen molar-refractivity contribution in [2.45, 2.75) is 18.9 Å². The molecule has 4 rings (SSSR count). The van der Waals surface area contributed by atoms with Crippen LogP contribution in [0.2, 0.25) is 0 Å². The zero-order valence-electron chi connectivity index (χ0n) is 12.8. The topological polar surface area (TPSA) is 46.8 Å². The molecule has 0 saturated carbocycles. The van der Waals surface area contributed by atoms with Gasteiger partial charge in [0, 0.05) is 41.6 Å². The lowest BCUT2D eigenvalue weighted by Gasteiger charge is -2.31. The van der Waals surface area contributed by atoms with Crippen LogP contribution in [0.3, 0.4) is 0 Å². The van der Waals surface area contributed by atoms with Gasteiger partial charge in [-0.1, -0.05) is 27.3 Å². The summed E-state index contributed by atoms with van der Waals surface area (Å²) in [5.41, 5.74) is 0.487. The molecule has 0 N–H and O–H groups in total. The van der Waals surface area contributed by atoms with Crippen molar-refractivity contribution in [2.75, 3.05) is 18.0 Å². The zero-order chi connectivity index (χ0) is 16.5. The quantitative estimate of drug-likeness (QED) is 0.654. The van der Waals surface area contributed by atoms with Crippen molar-refractivity contribution < 1.29 is 4.39 Å². The van der Waals surface area contributed by atoms with E-state index in [0.29, 0.717) is 16.6 Å². The Morgan fingerprint density at radius 2 is 2.04 bits per heavy atom. The molecule has 8 heteroatoms. The smallest absolute Gasteiger partial charge is 0.208 e. The Morgan fingerprint density at radius 3 is 2.79 bits per heavy atom. The molecule has 24 heavy (non-hydrogen) atoms. The first kappa shape index (κ1) is 15.7. The van der Waals surface area contributed by atoms with E-state index in [0.717, 1.165) is 35.5 Å². The van der Waals surface area contributed by atoms with E-state index in [4.69, 9.17) is 0 Å². The minimum Gasteiger partial charge on any atom is -0.346 e. The van der Waals surface area contributed by atoms with Gasteiger partial charge in [-0.3, -0.25) is 0 Å². The van der Waals surface area contributed by atoms with Crippen LogP contribution >= 0.6 is 27.3 Å². The number of nitrogens with zero attached hydrogens (tertiary/aromatic N) is 5. The van der Waals surface area contributed by atoms with Crippen LogP contribution in [-0.4, -0.2) is 32.8 Å². The minimum atomic E-state index is -0.278. The molecule has 0 radical (unpaired) electrons. The third-order valence-corrected chi connectivity index (χ3v) is 5.77. The van der Waals surface area contributed by atoms with Gasteiger partial charge in [0.1, 0.15) is 5.82 Å². The third kappa shape index (κ3) is 3.08. The lowest BCUT2D eigenvalue weighted by Crippen LogP contribution is -2.34. The Bertz CT molecular complexity index is 827. The van der Waals surface area contributed by atoms with Gasteiger partial charge < -0.3 is 9.47 Å². The molecule has 1 aliphatic heterocycles. The van der Waals surface area contributed by atoms with Crippen LogP contribution in [0.25, 0.3) is 10.6 Å². The predicted octanol–water partition coefficient (Wildman–Crippen LogP) is 4.14. The maximum atomic E-state index is 14.0. The number of hydrogen-bond donors (Lipinski definition) is 0. The summed E-state index contributed by atoms with van der Waals surface area (Å²) >= 11 is 4.81. The molecule has 1 fully saturated rings. The predicted molar refractivity (Wildman–Crippen MR) is 95.7 cm³/mol. The van der Waals surface area contributed by atoms with Crippen LogP contribution in [0.4, 0.5) is 9.52 Å². The third-order valence-electron chi connectivity index (χ3n) is 4.25. The fraction of sp³-hybridized carbons (Fsp3) is 0.312. The van der Waals surface area contributed by atoms with Gasteiger partial charge in [-0.2, -0.15) is 0 Å². The SMILES string of the molecule is Fc1ccc(Br)cc1-c1nnc(N2CCC(n3ccnc3)CC2)s1. The fourth-order valence-electron chi connectivity index (χ4n) is 2.95. The summed E-state index contributed by atoms with van der Waals surface area (Å²) in [6, 6.07) is 5.35. The molecule has 0 aliphatic carbocycles. The van der Waals surface area contributed by atoms with Crippen molar-refractivity contribution in [1.82, 2.24) is 19.7 Å². The number of rotatable bonds is 3. The maximum absolute atomic E-state index is 14.0. The molecule has 3 heterocycles. The average Bonchev–Trinajstić information content (AvgIpc) is 3.29. The van der Waals surface area contributed by atoms with E-state index in [1.165, 1.54) is 17.4 Å². The van der Waals surface area contributed by atoms with E-state index < -0.39 is 0 Å². The highest BCUT2D eigenvalue weighted by Gasteiger charge is 2.23. The largest absolute Gasteiger partial charge is 0.346 e. The molecule has 3 aromatic rings. The normalized spacial score (nSPS) is 15.8.